The Morgan fingerprint density at radius 2 is 1.64 bits per heavy atom. The van der Waals surface area contributed by atoms with E-state index in [1.807, 2.05) is 12.1 Å². The summed E-state index contributed by atoms with van der Waals surface area (Å²) in [5, 5.41) is 0.822. The number of rotatable bonds is 1. The van der Waals surface area contributed by atoms with Crippen LogP contribution < -0.4 is 0 Å². The van der Waals surface area contributed by atoms with Gasteiger partial charge < -0.3 is 0 Å². The number of halogens is 1. The molecule has 0 bridgehead atoms. The molecule has 1 aromatic rings. The van der Waals surface area contributed by atoms with Crippen molar-refractivity contribution in [3.63, 3.8) is 0 Å². The third-order valence-electron chi connectivity index (χ3n) is 1.59. The van der Waals surface area contributed by atoms with Gasteiger partial charge in [-0.25, -0.2) is 0 Å². The van der Waals surface area contributed by atoms with E-state index in [2.05, 4.69) is 26.0 Å². The van der Waals surface area contributed by atoms with Crippen molar-refractivity contribution in [1.29, 1.82) is 0 Å². The molecule has 0 fully saturated rings. The first-order valence-corrected chi connectivity index (χ1v) is 6.17. The molecular weight excluding hydrogens is 353 g/mol. The Kier molecular flexibility index (Phi) is 2.94. The first-order valence-electron chi connectivity index (χ1n) is 3.55. The topological polar surface area (TPSA) is 0 Å². The molecule has 0 heterocycles. The predicted octanol–water partition coefficient (Wildman–Crippen LogP) is 2.21. The van der Waals surface area contributed by atoms with E-state index in [-0.39, 0.29) is 0 Å². The molecule has 0 aliphatic heterocycles. The molecule has 0 aliphatic carbocycles. The fourth-order valence-corrected chi connectivity index (χ4v) is 1.75. The summed E-state index contributed by atoms with van der Waals surface area (Å²) >= 11 is 6.74. The van der Waals surface area contributed by atoms with Gasteiger partial charge >= 0.3 is 88.1 Å². The van der Waals surface area contributed by atoms with Crippen LogP contribution in [0.25, 0.3) is 0 Å². The van der Waals surface area contributed by atoms with Gasteiger partial charge in [0.25, 0.3) is 0 Å². The van der Waals surface area contributed by atoms with Crippen molar-refractivity contribution in [2.75, 3.05) is 0 Å². The van der Waals surface area contributed by atoms with E-state index < -0.39 is 0 Å². The monoisotopic (exact) mass is 364 g/mol. The maximum absolute atomic E-state index is 5.78. The summed E-state index contributed by atoms with van der Waals surface area (Å²) in [6.45, 7) is 4.53. The maximum atomic E-state index is 5.78. The van der Waals surface area contributed by atoms with Crippen LogP contribution in [0.5, 0.6) is 0 Å². The van der Waals surface area contributed by atoms with E-state index in [4.69, 9.17) is 11.6 Å². The summed E-state index contributed by atoms with van der Waals surface area (Å²) in [4.78, 5) is 0. The third-order valence-corrected chi connectivity index (χ3v) is 3.14. The molecule has 0 saturated heterocycles. The molecule has 0 aliphatic rings. The van der Waals surface area contributed by atoms with Gasteiger partial charge in [0.05, 0.1) is 0 Å². The Balaban J connectivity index is 2.99. The van der Waals surface area contributed by atoms with E-state index in [0.717, 1.165) is 29.7 Å². The molecule has 60 valence electrons. The second kappa shape index (κ2) is 3.41. The molecule has 0 saturated carbocycles. The zero-order chi connectivity index (χ0) is 8.48. The predicted molar refractivity (Wildman–Crippen MR) is 53.0 cm³/mol. The molecule has 0 aromatic heterocycles. The molecule has 0 amide bonds. The van der Waals surface area contributed by atoms with Gasteiger partial charge in [-0.2, -0.15) is 0 Å². The van der Waals surface area contributed by atoms with E-state index in [1.54, 1.807) is 0 Å². The molecule has 0 radical (unpaired) electrons. The summed E-state index contributed by atoms with van der Waals surface area (Å²) in [7, 11) is 0. The fraction of sp³-hybridized carbons (Fsp3) is 0.333. The minimum atomic E-state index is 0.393. The Morgan fingerprint density at radius 3 is 2.00 bits per heavy atom. The second-order valence-electron chi connectivity index (χ2n) is 3.23. The Labute approximate surface area is 87.8 Å². The number of hydrogen-bond acceptors (Lipinski definition) is 0. The zero-order valence-corrected chi connectivity index (χ0v) is 12.0. The first kappa shape index (κ1) is 9.48. The summed E-state index contributed by atoms with van der Waals surface area (Å²) in [5.41, 5.74) is 1.40. The van der Waals surface area contributed by atoms with E-state index in [1.165, 1.54) is 5.56 Å². The minimum absolute atomic E-state index is 0.393. The van der Waals surface area contributed by atoms with Crippen molar-refractivity contribution >= 4 is 36.3 Å². The molecule has 0 spiro atoms. The van der Waals surface area contributed by atoms with Crippen LogP contribution in [0.2, 0.25) is 5.02 Å². The van der Waals surface area contributed by atoms with Crippen molar-refractivity contribution in [2.24, 2.45) is 0 Å². The first-order chi connectivity index (χ1) is 5.00. The van der Waals surface area contributed by atoms with Crippen LogP contribution in [0.1, 0.15) is 19.4 Å². The van der Waals surface area contributed by atoms with Crippen LogP contribution in [-0.4, -0.2) is 24.7 Å². The number of benzene rings is 1. The van der Waals surface area contributed by atoms with Crippen LogP contribution in [0.15, 0.2) is 24.3 Å². The standard InChI is InChI=1S/C9H10Cl.Bi.2H/c1-7(2)8-3-5-9(10)6-4-8;;;/h3-6H,1-2H3;;;. The zero-order valence-electron chi connectivity index (χ0n) is 6.76. The van der Waals surface area contributed by atoms with Crippen LogP contribution in [-0.2, 0) is 3.12 Å². The normalized spacial score (nSPS) is 11.6. The van der Waals surface area contributed by atoms with Crippen LogP contribution >= 0.6 is 11.6 Å². The van der Waals surface area contributed by atoms with Crippen LogP contribution in [0.3, 0.4) is 0 Å². The van der Waals surface area contributed by atoms with E-state index in [0.29, 0.717) is 3.12 Å². The summed E-state index contributed by atoms with van der Waals surface area (Å²) in [6.07, 6.45) is 0. The van der Waals surface area contributed by atoms with Gasteiger partial charge in [0, 0.05) is 0 Å². The van der Waals surface area contributed by atoms with E-state index in [9.17, 15) is 0 Å². The van der Waals surface area contributed by atoms with Gasteiger partial charge in [0.1, 0.15) is 0 Å². The van der Waals surface area contributed by atoms with Crippen molar-refractivity contribution < 1.29 is 0 Å². The fourth-order valence-electron chi connectivity index (χ4n) is 0.879. The summed E-state index contributed by atoms with van der Waals surface area (Å²) in [5.74, 6) is 0. The van der Waals surface area contributed by atoms with Crippen molar-refractivity contribution in [3.05, 3.63) is 34.9 Å². The Bertz CT molecular complexity index is 233. The van der Waals surface area contributed by atoms with Gasteiger partial charge in [0.15, 0.2) is 0 Å². The second-order valence-corrected chi connectivity index (χ2v) is 9.28. The van der Waals surface area contributed by atoms with Gasteiger partial charge in [-0.1, -0.05) is 0 Å². The Hall–Kier alpha value is 0.393. The number of hydrogen-bond donors (Lipinski definition) is 0. The SMILES string of the molecule is C[C](C)([BiH2])c1ccc(Cl)cc1. The van der Waals surface area contributed by atoms with Gasteiger partial charge in [-0.15, -0.1) is 0 Å². The van der Waals surface area contributed by atoms with Gasteiger partial charge in [-0.05, 0) is 0 Å². The Morgan fingerprint density at radius 1 is 1.18 bits per heavy atom. The molecule has 0 N–H and O–H groups in total. The van der Waals surface area contributed by atoms with Crippen molar-refractivity contribution in [1.82, 2.24) is 0 Å². The van der Waals surface area contributed by atoms with Gasteiger partial charge in [-0.3, -0.25) is 0 Å². The summed E-state index contributed by atoms with van der Waals surface area (Å²) < 4.78 is 0.393. The van der Waals surface area contributed by atoms with Crippen molar-refractivity contribution in [3.8, 4) is 0 Å². The van der Waals surface area contributed by atoms with Gasteiger partial charge in [0.2, 0.25) is 0 Å². The molecular formula is C9H12BiCl. The third kappa shape index (κ3) is 2.72. The van der Waals surface area contributed by atoms with Crippen LogP contribution in [0, 0.1) is 0 Å². The average Bonchev–Trinajstić information content (AvgIpc) is 1.86. The van der Waals surface area contributed by atoms with Crippen molar-refractivity contribution in [2.45, 2.75) is 17.0 Å². The molecule has 0 atom stereocenters. The van der Waals surface area contributed by atoms with E-state index >= 15 is 0 Å². The average molecular weight is 365 g/mol. The molecule has 0 nitrogen and oxygen atoms in total. The molecule has 1 aromatic carbocycles. The quantitative estimate of drug-likeness (QED) is 0.670. The van der Waals surface area contributed by atoms with Crippen LogP contribution in [0.4, 0.5) is 0 Å². The summed E-state index contributed by atoms with van der Waals surface area (Å²) in [6, 6.07) is 8.15. The molecule has 1 rings (SSSR count). The molecule has 0 unspecified atom stereocenters. The molecule has 11 heavy (non-hydrogen) atoms. The molecule has 2 heteroatoms.